The topological polar surface area (TPSA) is 87.7 Å². The molecule has 2 N–H and O–H groups in total. The number of nitrogens with one attached hydrogen (secondary N) is 2. The van der Waals surface area contributed by atoms with Gasteiger partial charge in [-0.05, 0) is 58.9 Å². The van der Waals surface area contributed by atoms with Crippen molar-refractivity contribution in [3.8, 4) is 0 Å². The predicted octanol–water partition coefficient (Wildman–Crippen LogP) is 6.61. The van der Waals surface area contributed by atoms with E-state index in [2.05, 4.69) is 30.5 Å². The lowest BCUT2D eigenvalue weighted by Crippen LogP contribution is -2.55. The largest absolute Gasteiger partial charge is 0.444 e. The number of benzene rings is 1. The highest BCUT2D eigenvalue weighted by molar-refractivity contribution is 5.92. The van der Waals surface area contributed by atoms with E-state index < -0.39 is 23.8 Å². The Kier molecular flexibility index (Phi) is 14.4. The van der Waals surface area contributed by atoms with Crippen molar-refractivity contribution in [3.05, 3.63) is 34.9 Å². The van der Waals surface area contributed by atoms with E-state index in [0.29, 0.717) is 19.5 Å². The molecule has 0 radical (unpaired) electrons. The smallest absolute Gasteiger partial charge is 0.408 e. The van der Waals surface area contributed by atoms with E-state index in [4.69, 9.17) is 4.74 Å². The maximum Gasteiger partial charge on any atom is 0.408 e. The van der Waals surface area contributed by atoms with E-state index in [1.54, 1.807) is 25.7 Å². The zero-order valence-corrected chi connectivity index (χ0v) is 25.4. The van der Waals surface area contributed by atoms with Gasteiger partial charge in [-0.25, -0.2) is 4.79 Å². The Labute approximate surface area is 231 Å². The minimum atomic E-state index is -0.808. The van der Waals surface area contributed by atoms with E-state index >= 15 is 0 Å². The third kappa shape index (κ3) is 11.4. The molecule has 38 heavy (non-hydrogen) atoms. The fourth-order valence-electron chi connectivity index (χ4n) is 4.50. The number of carbonyl (C=O) groups is 3. The molecule has 0 saturated carbocycles. The van der Waals surface area contributed by atoms with Crippen LogP contribution in [0.5, 0.6) is 0 Å². The Bertz CT molecular complexity index is 873. The number of alkyl carbamates (subject to hydrolysis) is 1. The quantitative estimate of drug-likeness (QED) is 0.249. The summed E-state index contributed by atoms with van der Waals surface area (Å²) in [5.74, 6) is -0.583. The average molecular weight is 532 g/mol. The number of carbonyl (C=O) groups excluding carboxylic acids is 3. The number of hydrogen-bond donors (Lipinski definition) is 2. The van der Waals surface area contributed by atoms with Crippen molar-refractivity contribution >= 4 is 17.9 Å². The van der Waals surface area contributed by atoms with E-state index in [-0.39, 0.29) is 17.7 Å². The molecule has 0 spiro atoms. The molecule has 1 aromatic carbocycles. The molecule has 7 heteroatoms. The highest BCUT2D eigenvalue weighted by Gasteiger charge is 2.38. The van der Waals surface area contributed by atoms with Gasteiger partial charge in [0.1, 0.15) is 17.7 Å². The van der Waals surface area contributed by atoms with Crippen molar-refractivity contribution in [2.75, 3.05) is 13.1 Å². The van der Waals surface area contributed by atoms with Crippen molar-refractivity contribution in [3.63, 3.8) is 0 Å². The van der Waals surface area contributed by atoms with Gasteiger partial charge in [-0.3, -0.25) is 9.59 Å². The van der Waals surface area contributed by atoms with Gasteiger partial charge in [-0.15, -0.1) is 0 Å². The van der Waals surface area contributed by atoms with Crippen molar-refractivity contribution in [1.82, 2.24) is 15.5 Å². The molecule has 0 aliphatic heterocycles. The van der Waals surface area contributed by atoms with Gasteiger partial charge >= 0.3 is 6.09 Å². The van der Waals surface area contributed by atoms with Crippen molar-refractivity contribution < 1.29 is 19.1 Å². The van der Waals surface area contributed by atoms with Gasteiger partial charge in [0, 0.05) is 13.1 Å². The normalized spacial score (nSPS) is 13.8. The lowest BCUT2D eigenvalue weighted by Gasteiger charge is -2.36. The summed E-state index contributed by atoms with van der Waals surface area (Å²) in [4.78, 5) is 42.5. The fourth-order valence-corrected chi connectivity index (χ4v) is 4.50. The highest BCUT2D eigenvalue weighted by atomic mass is 16.6. The van der Waals surface area contributed by atoms with E-state index in [1.807, 2.05) is 39.8 Å². The third-order valence-electron chi connectivity index (χ3n) is 6.64. The average Bonchev–Trinajstić information content (AvgIpc) is 2.81. The standard InChI is InChI=1S/C31H53N3O4/c1-10-13-15-16-18-34(29(36)26(24(6)12-3)33-30(37)38-31(7,8)9)27(28(35)32-17-14-11-2)25-20-22(4)19-23(5)21-25/h19-21,24,26-27H,10-18H2,1-9H3,(H,32,35)(H,33,37). The van der Waals surface area contributed by atoms with Crippen molar-refractivity contribution in [1.29, 1.82) is 0 Å². The Hall–Kier alpha value is -2.57. The van der Waals surface area contributed by atoms with Crippen LogP contribution in [0.15, 0.2) is 18.2 Å². The van der Waals surface area contributed by atoms with E-state index in [9.17, 15) is 14.4 Å². The minimum absolute atomic E-state index is 0.142. The molecule has 1 rings (SSSR count). The summed E-state index contributed by atoms with van der Waals surface area (Å²) in [6.07, 6.45) is 5.76. The second-order valence-electron chi connectivity index (χ2n) is 11.6. The third-order valence-corrected chi connectivity index (χ3v) is 6.64. The number of nitrogens with zero attached hydrogens (tertiary/aromatic N) is 1. The first-order valence-corrected chi connectivity index (χ1v) is 14.5. The van der Waals surface area contributed by atoms with Crippen molar-refractivity contribution in [2.45, 2.75) is 125 Å². The Balaban J connectivity index is 3.54. The molecular weight excluding hydrogens is 478 g/mol. The number of rotatable bonds is 15. The van der Waals surface area contributed by atoms with E-state index in [1.165, 1.54) is 0 Å². The summed E-state index contributed by atoms with van der Waals surface area (Å²) >= 11 is 0. The number of ether oxygens (including phenoxy) is 1. The second-order valence-corrected chi connectivity index (χ2v) is 11.6. The van der Waals surface area contributed by atoms with Gasteiger partial charge in [0.15, 0.2) is 0 Å². The van der Waals surface area contributed by atoms with Crippen LogP contribution in [0.2, 0.25) is 0 Å². The monoisotopic (exact) mass is 531 g/mol. The van der Waals surface area contributed by atoms with Crippen LogP contribution in [0.4, 0.5) is 4.79 Å². The minimum Gasteiger partial charge on any atom is -0.444 e. The molecule has 0 heterocycles. The molecule has 3 amide bonds. The second kappa shape index (κ2) is 16.4. The van der Waals surface area contributed by atoms with Crippen LogP contribution in [-0.4, -0.2) is 47.5 Å². The zero-order valence-electron chi connectivity index (χ0n) is 25.4. The Morgan fingerprint density at radius 1 is 0.921 bits per heavy atom. The fraction of sp³-hybridized carbons (Fsp3) is 0.710. The molecule has 0 aliphatic rings. The van der Waals surface area contributed by atoms with Crippen LogP contribution in [-0.2, 0) is 14.3 Å². The molecular formula is C31H53N3O4. The van der Waals surface area contributed by atoms with Crippen LogP contribution in [0.3, 0.4) is 0 Å². The van der Waals surface area contributed by atoms with Gasteiger partial charge in [-0.1, -0.05) is 89.1 Å². The lowest BCUT2D eigenvalue weighted by atomic mass is 9.94. The predicted molar refractivity (Wildman–Crippen MR) is 155 cm³/mol. The van der Waals surface area contributed by atoms with Gasteiger partial charge < -0.3 is 20.3 Å². The van der Waals surface area contributed by atoms with Crippen LogP contribution in [0.1, 0.15) is 116 Å². The molecule has 1 aromatic rings. The van der Waals surface area contributed by atoms with Gasteiger partial charge in [0.05, 0.1) is 0 Å². The van der Waals surface area contributed by atoms with E-state index in [0.717, 1.165) is 55.2 Å². The number of unbranched alkanes of at least 4 members (excludes halogenated alkanes) is 4. The van der Waals surface area contributed by atoms with Crippen LogP contribution in [0.25, 0.3) is 0 Å². The SMILES string of the molecule is CCCCCCN(C(=O)C(NC(=O)OC(C)(C)C)C(C)CC)C(C(=O)NCCCC)c1cc(C)cc(C)c1. The van der Waals surface area contributed by atoms with Crippen LogP contribution < -0.4 is 10.6 Å². The molecule has 7 nitrogen and oxygen atoms in total. The first-order chi connectivity index (χ1) is 17.8. The summed E-state index contributed by atoms with van der Waals surface area (Å²) in [5.41, 5.74) is 2.18. The summed E-state index contributed by atoms with van der Waals surface area (Å²) < 4.78 is 5.50. The maximum absolute atomic E-state index is 14.3. The number of amides is 3. The molecule has 3 unspecified atom stereocenters. The van der Waals surface area contributed by atoms with Gasteiger partial charge in [0.2, 0.25) is 11.8 Å². The summed E-state index contributed by atoms with van der Waals surface area (Å²) in [7, 11) is 0. The van der Waals surface area contributed by atoms with Crippen molar-refractivity contribution in [2.24, 2.45) is 5.92 Å². The first-order valence-electron chi connectivity index (χ1n) is 14.5. The first kappa shape index (κ1) is 33.5. The summed E-state index contributed by atoms with van der Waals surface area (Å²) in [6.45, 7) is 18.5. The number of aryl methyl sites for hydroxylation is 2. The van der Waals surface area contributed by atoms with Gasteiger partial charge in [-0.2, -0.15) is 0 Å². The molecule has 0 saturated heterocycles. The Morgan fingerprint density at radius 3 is 2.05 bits per heavy atom. The molecule has 0 bridgehead atoms. The zero-order chi connectivity index (χ0) is 28.9. The summed E-state index contributed by atoms with van der Waals surface area (Å²) in [6, 6.07) is 4.45. The molecule has 3 atom stereocenters. The Morgan fingerprint density at radius 2 is 1.53 bits per heavy atom. The maximum atomic E-state index is 14.3. The molecule has 0 aromatic heterocycles. The number of hydrogen-bond acceptors (Lipinski definition) is 4. The molecule has 216 valence electrons. The van der Waals surface area contributed by atoms with Crippen LogP contribution >= 0.6 is 0 Å². The lowest BCUT2D eigenvalue weighted by molar-refractivity contribution is -0.143. The molecule has 0 aliphatic carbocycles. The van der Waals surface area contributed by atoms with Crippen LogP contribution in [0, 0.1) is 19.8 Å². The summed E-state index contributed by atoms with van der Waals surface area (Å²) in [5, 5.41) is 5.91. The highest BCUT2D eigenvalue weighted by Crippen LogP contribution is 2.27. The molecule has 0 fully saturated rings. The van der Waals surface area contributed by atoms with Gasteiger partial charge in [0.25, 0.3) is 0 Å².